The minimum absolute atomic E-state index is 0.0879. The number of piperidine rings is 2. The second kappa shape index (κ2) is 15.1. The van der Waals surface area contributed by atoms with Crippen molar-refractivity contribution in [1.82, 2.24) is 20.4 Å². The van der Waals surface area contributed by atoms with E-state index in [1.54, 1.807) is 30.3 Å². The number of benzene rings is 3. The molecule has 0 spiro atoms. The number of hydrogen-bond acceptors (Lipinski definition) is 10. The Kier molecular flexibility index (Phi) is 10.2. The molecule has 0 bridgehead atoms. The molecule has 302 valence electrons. The van der Waals surface area contributed by atoms with Crippen molar-refractivity contribution in [2.24, 2.45) is 10.8 Å². The second-order valence-corrected chi connectivity index (χ2v) is 17.7. The fraction of sp³-hybridized carbons (Fsp3) is 0.455. The van der Waals surface area contributed by atoms with Gasteiger partial charge in [-0.25, -0.2) is 0 Å². The molecule has 14 heteroatoms. The van der Waals surface area contributed by atoms with Crippen LogP contribution in [0.25, 0.3) is 0 Å². The number of fused-ring (bicyclic) bond motifs is 1. The number of nitriles is 1. The summed E-state index contributed by atoms with van der Waals surface area (Å²) in [6.07, 6.45) is 1.98. The Balaban J connectivity index is 0.811. The summed E-state index contributed by atoms with van der Waals surface area (Å²) in [7, 11) is 0. The van der Waals surface area contributed by atoms with Gasteiger partial charge in [0.05, 0.1) is 21.7 Å². The molecule has 1 aliphatic carbocycles. The Morgan fingerprint density at radius 3 is 2.09 bits per heavy atom. The first-order valence-electron chi connectivity index (χ1n) is 20.0. The predicted molar refractivity (Wildman–Crippen MR) is 218 cm³/mol. The highest BCUT2D eigenvalue weighted by Gasteiger charge is 2.64. The SMILES string of the molecule is CC1(C)[C@H](NC(=O)c2ccc(N3CCN(C4CCN(c5ccc6c(c5)C(=O)N(C5CCC(=O)NC5=O)C6=O)CC4)CC3)cc2)C(C)(C)[C@H]1Oc1ccc(C#N)c(Cl)c1. The third kappa shape index (κ3) is 6.96. The second-order valence-electron chi connectivity index (χ2n) is 17.3. The molecule has 0 aromatic heterocycles. The number of anilines is 2. The number of halogens is 1. The molecule has 5 aliphatic rings. The van der Waals surface area contributed by atoms with Crippen LogP contribution in [0.3, 0.4) is 0 Å². The largest absolute Gasteiger partial charge is 0.489 e. The molecule has 5 amide bonds. The first-order chi connectivity index (χ1) is 27.7. The van der Waals surface area contributed by atoms with E-state index in [1.165, 1.54) is 0 Å². The molecule has 8 rings (SSSR count). The number of carbonyl (C=O) groups excluding carboxylic acids is 5. The maximum Gasteiger partial charge on any atom is 0.262 e. The van der Waals surface area contributed by atoms with E-state index in [2.05, 4.69) is 59.1 Å². The van der Waals surface area contributed by atoms with E-state index < -0.39 is 29.7 Å². The minimum atomic E-state index is -0.978. The van der Waals surface area contributed by atoms with Crippen molar-refractivity contribution in [2.45, 2.75) is 77.6 Å². The van der Waals surface area contributed by atoms with E-state index in [-0.39, 0.29) is 41.7 Å². The Hall–Kier alpha value is -5.45. The number of nitrogens with one attached hydrogen (secondary N) is 2. The molecular formula is C44H48ClN7O6. The first kappa shape index (κ1) is 39.4. The van der Waals surface area contributed by atoms with Gasteiger partial charge >= 0.3 is 0 Å². The fourth-order valence-corrected chi connectivity index (χ4v) is 10.3. The highest BCUT2D eigenvalue weighted by atomic mass is 35.5. The van der Waals surface area contributed by atoms with E-state index >= 15 is 0 Å². The zero-order valence-electron chi connectivity index (χ0n) is 33.2. The lowest BCUT2D eigenvalue weighted by atomic mass is 9.49. The summed E-state index contributed by atoms with van der Waals surface area (Å²) in [6, 6.07) is 19.7. The van der Waals surface area contributed by atoms with Crippen molar-refractivity contribution in [3.8, 4) is 11.8 Å². The van der Waals surface area contributed by atoms with Crippen LogP contribution in [0.1, 0.15) is 90.0 Å². The molecular weight excluding hydrogens is 758 g/mol. The summed E-state index contributed by atoms with van der Waals surface area (Å²) in [5.74, 6) is -1.52. The third-order valence-electron chi connectivity index (χ3n) is 13.0. The quantitative estimate of drug-likeness (QED) is 0.297. The molecule has 4 fully saturated rings. The minimum Gasteiger partial charge on any atom is -0.489 e. The molecule has 4 heterocycles. The molecule has 1 atom stereocenters. The van der Waals surface area contributed by atoms with Crippen LogP contribution in [0.2, 0.25) is 5.02 Å². The van der Waals surface area contributed by atoms with Crippen LogP contribution >= 0.6 is 11.6 Å². The van der Waals surface area contributed by atoms with E-state index in [9.17, 15) is 29.2 Å². The van der Waals surface area contributed by atoms with Gasteiger partial charge in [0.25, 0.3) is 17.7 Å². The number of piperazine rings is 1. The van der Waals surface area contributed by atoms with Gasteiger partial charge in [0.15, 0.2) is 0 Å². The predicted octanol–water partition coefficient (Wildman–Crippen LogP) is 5.02. The highest BCUT2D eigenvalue weighted by Crippen LogP contribution is 2.55. The van der Waals surface area contributed by atoms with Crippen LogP contribution in [0.4, 0.5) is 11.4 Å². The molecule has 1 unspecified atom stereocenters. The van der Waals surface area contributed by atoms with Crippen molar-refractivity contribution in [1.29, 1.82) is 5.26 Å². The van der Waals surface area contributed by atoms with Crippen molar-refractivity contribution in [3.05, 3.63) is 87.9 Å². The molecule has 0 radical (unpaired) electrons. The summed E-state index contributed by atoms with van der Waals surface area (Å²) in [5, 5.41) is 15.1. The van der Waals surface area contributed by atoms with E-state index in [0.717, 1.165) is 68.4 Å². The zero-order chi connectivity index (χ0) is 41.1. The number of hydrogen-bond donors (Lipinski definition) is 2. The van der Waals surface area contributed by atoms with Gasteiger partial charge in [0.1, 0.15) is 24.0 Å². The van der Waals surface area contributed by atoms with Gasteiger partial charge in [-0.3, -0.25) is 39.1 Å². The van der Waals surface area contributed by atoms with Crippen molar-refractivity contribution in [3.63, 3.8) is 0 Å². The van der Waals surface area contributed by atoms with Gasteiger partial charge in [-0.2, -0.15) is 5.26 Å². The molecule has 3 aromatic carbocycles. The van der Waals surface area contributed by atoms with Crippen molar-refractivity contribution < 1.29 is 28.7 Å². The van der Waals surface area contributed by atoms with E-state index in [4.69, 9.17) is 16.3 Å². The number of carbonyl (C=O) groups is 5. The Labute approximate surface area is 343 Å². The maximum absolute atomic E-state index is 13.5. The molecule has 13 nitrogen and oxygen atoms in total. The molecule has 3 aromatic rings. The number of imide groups is 2. The summed E-state index contributed by atoms with van der Waals surface area (Å²) < 4.78 is 6.38. The Bertz CT molecular complexity index is 2200. The lowest BCUT2D eigenvalue weighted by molar-refractivity contribution is -0.164. The van der Waals surface area contributed by atoms with Gasteiger partial charge in [-0.05, 0) is 73.9 Å². The summed E-state index contributed by atoms with van der Waals surface area (Å²) in [5.41, 5.74) is 2.85. The van der Waals surface area contributed by atoms with Crippen LogP contribution in [0.5, 0.6) is 5.75 Å². The highest BCUT2D eigenvalue weighted by molar-refractivity contribution is 6.31. The van der Waals surface area contributed by atoms with Crippen LogP contribution in [-0.2, 0) is 9.59 Å². The number of amides is 5. The molecule has 2 N–H and O–H groups in total. The fourth-order valence-electron chi connectivity index (χ4n) is 10.1. The molecule has 4 aliphatic heterocycles. The third-order valence-corrected chi connectivity index (χ3v) is 13.3. The molecule has 3 saturated heterocycles. The van der Waals surface area contributed by atoms with Gasteiger partial charge in [-0.15, -0.1) is 0 Å². The Morgan fingerprint density at radius 1 is 0.810 bits per heavy atom. The van der Waals surface area contributed by atoms with Gasteiger partial charge in [-0.1, -0.05) is 39.3 Å². The van der Waals surface area contributed by atoms with E-state index in [0.29, 0.717) is 39.1 Å². The lowest BCUT2D eigenvalue weighted by Gasteiger charge is -2.63. The zero-order valence-corrected chi connectivity index (χ0v) is 34.0. The lowest BCUT2D eigenvalue weighted by Crippen LogP contribution is -2.74. The van der Waals surface area contributed by atoms with Crippen LogP contribution in [0.15, 0.2) is 60.7 Å². The first-order valence-corrected chi connectivity index (χ1v) is 20.4. The molecule has 58 heavy (non-hydrogen) atoms. The van der Waals surface area contributed by atoms with E-state index in [1.807, 2.05) is 30.3 Å². The van der Waals surface area contributed by atoms with Crippen molar-refractivity contribution >= 4 is 52.5 Å². The monoisotopic (exact) mass is 805 g/mol. The number of rotatable bonds is 8. The average Bonchev–Trinajstić information content (AvgIpc) is 3.46. The molecule has 1 saturated carbocycles. The van der Waals surface area contributed by atoms with Crippen molar-refractivity contribution in [2.75, 3.05) is 49.1 Å². The van der Waals surface area contributed by atoms with Gasteiger partial charge in [0, 0.05) is 91.6 Å². The van der Waals surface area contributed by atoms with Gasteiger partial charge in [0.2, 0.25) is 11.8 Å². The average molecular weight is 806 g/mol. The number of nitrogens with zero attached hydrogens (tertiary/aromatic N) is 5. The smallest absolute Gasteiger partial charge is 0.262 e. The van der Waals surface area contributed by atoms with Crippen LogP contribution < -0.4 is 25.2 Å². The Morgan fingerprint density at radius 2 is 1.45 bits per heavy atom. The van der Waals surface area contributed by atoms with Crippen LogP contribution in [0, 0.1) is 22.2 Å². The number of ether oxygens (including phenoxy) is 1. The summed E-state index contributed by atoms with van der Waals surface area (Å²) >= 11 is 6.25. The maximum atomic E-state index is 13.5. The standard InChI is InChI=1S/C44H48ClN7O6/c1-43(2)41(44(3,4)42(43)58-31-11-7-27(25-46)34(45)24-31)48-37(54)26-5-8-28(9-6-26)50-19-21-51(22-20-50)29-15-17-49(18-16-29)30-10-12-32-33(23-30)40(57)52(39(32)56)35-13-14-36(53)47-38(35)55/h5-12,23-24,29,35,41-42H,13-22H2,1-4H3,(H,48,54)(H,47,53,55)/t35?,41-,42-. The summed E-state index contributed by atoms with van der Waals surface area (Å²) in [4.78, 5) is 72.3. The topological polar surface area (TPSA) is 155 Å². The summed E-state index contributed by atoms with van der Waals surface area (Å²) in [6.45, 7) is 13.6. The van der Waals surface area contributed by atoms with Crippen LogP contribution in [-0.4, -0.2) is 103 Å². The normalized spacial score (nSPS) is 24.5. The van der Waals surface area contributed by atoms with Gasteiger partial charge < -0.3 is 19.9 Å².